The van der Waals surface area contributed by atoms with Gasteiger partial charge in [0.15, 0.2) is 0 Å². The Morgan fingerprint density at radius 3 is 2.09 bits per heavy atom. The Kier molecular flexibility index (Phi) is 9.28. The van der Waals surface area contributed by atoms with Crippen LogP contribution in [0.5, 0.6) is 0 Å². The van der Waals surface area contributed by atoms with E-state index in [0.717, 1.165) is 6.07 Å². The molecule has 0 saturated heterocycles. The first kappa shape index (κ1) is 25.1. The number of anilines is 1. The molecule has 0 aliphatic carbocycles. The number of carbonyl (C=O) groups is 2. The lowest BCUT2D eigenvalue weighted by Crippen LogP contribution is -2.32. The van der Waals surface area contributed by atoms with E-state index in [1.54, 1.807) is 29.2 Å². The van der Waals surface area contributed by atoms with Crippen LogP contribution in [0.1, 0.15) is 5.56 Å². The molecule has 2 rings (SSSR count). The van der Waals surface area contributed by atoms with Gasteiger partial charge in [0.25, 0.3) is 5.69 Å². The number of azo groups is 1. The summed E-state index contributed by atoms with van der Waals surface area (Å²) in [6.45, 7) is 0.530. The highest BCUT2D eigenvalue weighted by atomic mass is 16.6. The first-order chi connectivity index (χ1) is 16.4. The van der Waals surface area contributed by atoms with Crippen molar-refractivity contribution in [3.05, 3.63) is 58.1 Å². The first-order valence-electron chi connectivity index (χ1n) is 9.60. The summed E-state index contributed by atoms with van der Waals surface area (Å²) in [7, 11) is 0. The molecule has 0 saturated carbocycles. The summed E-state index contributed by atoms with van der Waals surface area (Å²) in [4.78, 5) is 34.3. The molecular formula is C23H17N5O6. The maximum absolute atomic E-state index is 11.2. The Morgan fingerprint density at radius 2 is 1.59 bits per heavy atom. The van der Waals surface area contributed by atoms with Gasteiger partial charge in [-0.25, -0.2) is 9.59 Å². The van der Waals surface area contributed by atoms with Crippen molar-refractivity contribution in [2.45, 2.75) is 0 Å². The molecule has 0 amide bonds. The molecule has 0 radical (unpaired) electrons. The highest BCUT2D eigenvalue weighted by Crippen LogP contribution is 2.27. The smallest absolute Gasteiger partial charge is 0.384 e. The molecule has 0 bridgehead atoms. The van der Waals surface area contributed by atoms with Gasteiger partial charge < -0.3 is 14.4 Å². The number of rotatable bonds is 10. The molecule has 0 aliphatic heterocycles. The molecule has 2 aromatic carbocycles. The van der Waals surface area contributed by atoms with E-state index in [2.05, 4.69) is 10.2 Å². The lowest BCUT2D eigenvalue weighted by Gasteiger charge is -2.24. The van der Waals surface area contributed by atoms with Crippen LogP contribution in [-0.4, -0.2) is 43.2 Å². The molecule has 0 unspecified atom stereocenters. The number of esters is 2. The molecule has 11 nitrogen and oxygen atoms in total. The van der Waals surface area contributed by atoms with Gasteiger partial charge in [-0.05, 0) is 30.3 Å². The molecule has 0 fully saturated rings. The van der Waals surface area contributed by atoms with Crippen LogP contribution in [0, 0.1) is 46.1 Å². The number of hydrogen-bond donors (Lipinski definition) is 0. The lowest BCUT2D eigenvalue weighted by molar-refractivity contribution is -0.384. The number of nitriles is 1. The number of nitrogens with zero attached hydrogens (tertiary/aromatic N) is 5. The van der Waals surface area contributed by atoms with E-state index in [1.807, 2.05) is 17.9 Å². The van der Waals surface area contributed by atoms with E-state index in [-0.39, 0.29) is 43.2 Å². The van der Waals surface area contributed by atoms with Crippen LogP contribution in [0.4, 0.5) is 22.7 Å². The van der Waals surface area contributed by atoms with Crippen LogP contribution >= 0.6 is 0 Å². The van der Waals surface area contributed by atoms with Gasteiger partial charge in [-0.15, -0.1) is 18.0 Å². The van der Waals surface area contributed by atoms with Crippen LogP contribution in [0.15, 0.2) is 52.7 Å². The molecule has 0 spiro atoms. The maximum Gasteiger partial charge on any atom is 0.384 e. The molecule has 11 heteroatoms. The van der Waals surface area contributed by atoms with Gasteiger partial charge in [0.05, 0.1) is 29.3 Å². The minimum Gasteiger partial charge on any atom is -0.454 e. The first-order valence-corrected chi connectivity index (χ1v) is 9.60. The Labute approximate surface area is 194 Å². The Morgan fingerprint density at radius 1 is 1.00 bits per heavy atom. The van der Waals surface area contributed by atoms with Crippen LogP contribution < -0.4 is 4.90 Å². The maximum atomic E-state index is 11.2. The minimum atomic E-state index is -0.794. The second-order valence-electron chi connectivity index (χ2n) is 6.33. The molecule has 0 heterocycles. The van der Waals surface area contributed by atoms with Gasteiger partial charge >= 0.3 is 11.9 Å². The van der Waals surface area contributed by atoms with Gasteiger partial charge in [0.1, 0.15) is 25.0 Å². The van der Waals surface area contributed by atoms with Crippen molar-refractivity contribution in [3.63, 3.8) is 0 Å². The second kappa shape index (κ2) is 12.6. The number of hydrogen-bond acceptors (Lipinski definition) is 10. The standard InChI is InChI=1S/C23H17N5O6/c1-3-22(29)33-13-11-27(12-14-34-23(30)4-2)19-7-5-18(6-8-19)25-26-21-10-9-20(28(31)32)15-17(21)16-24/h1-2,5-10,15H,11-14H2. The highest BCUT2D eigenvalue weighted by molar-refractivity contribution is 5.88. The molecule has 170 valence electrons. The summed E-state index contributed by atoms with van der Waals surface area (Å²) in [6.07, 6.45) is 9.95. The van der Waals surface area contributed by atoms with Gasteiger partial charge in [-0.3, -0.25) is 10.1 Å². The van der Waals surface area contributed by atoms with Crippen LogP contribution in [0.25, 0.3) is 0 Å². The summed E-state index contributed by atoms with van der Waals surface area (Å²) in [5, 5.41) is 28.1. The highest BCUT2D eigenvalue weighted by Gasteiger charge is 2.11. The Hall–Kier alpha value is -5.21. The van der Waals surface area contributed by atoms with Crippen LogP contribution in [0.3, 0.4) is 0 Å². The lowest BCUT2D eigenvalue weighted by atomic mass is 10.2. The third-order valence-electron chi connectivity index (χ3n) is 4.22. The van der Waals surface area contributed by atoms with E-state index in [0.29, 0.717) is 11.4 Å². The Balaban J connectivity index is 2.13. The van der Waals surface area contributed by atoms with Crippen molar-refractivity contribution in [2.24, 2.45) is 10.2 Å². The van der Waals surface area contributed by atoms with E-state index in [4.69, 9.17) is 22.3 Å². The summed E-state index contributed by atoms with van der Waals surface area (Å²) in [5.74, 6) is 2.11. The summed E-state index contributed by atoms with van der Waals surface area (Å²) < 4.78 is 9.78. The quantitative estimate of drug-likeness (QED) is 0.131. The monoisotopic (exact) mass is 459 g/mol. The second-order valence-corrected chi connectivity index (χ2v) is 6.33. The number of carbonyl (C=O) groups excluding carboxylic acids is 2. The summed E-state index contributed by atoms with van der Waals surface area (Å²) in [6, 6.07) is 12.3. The third-order valence-corrected chi connectivity index (χ3v) is 4.22. The van der Waals surface area contributed by atoms with E-state index >= 15 is 0 Å². The van der Waals surface area contributed by atoms with Crippen molar-refractivity contribution in [2.75, 3.05) is 31.2 Å². The summed E-state index contributed by atoms with van der Waals surface area (Å²) >= 11 is 0. The number of ether oxygens (including phenoxy) is 2. The molecule has 2 aromatic rings. The normalized spacial score (nSPS) is 9.91. The predicted octanol–water partition coefficient (Wildman–Crippen LogP) is 3.04. The largest absolute Gasteiger partial charge is 0.454 e. The zero-order valence-corrected chi connectivity index (χ0v) is 17.7. The van der Waals surface area contributed by atoms with Gasteiger partial charge in [0.2, 0.25) is 0 Å². The Bertz CT molecular complexity index is 1190. The zero-order chi connectivity index (χ0) is 24.9. The number of nitro benzene ring substituents is 1. The number of terminal acetylenes is 2. The van der Waals surface area contributed by atoms with Crippen molar-refractivity contribution >= 4 is 34.7 Å². The average Bonchev–Trinajstić information content (AvgIpc) is 2.86. The molecule has 0 atom stereocenters. The van der Waals surface area contributed by atoms with Gasteiger partial charge in [0, 0.05) is 29.7 Å². The number of non-ortho nitro benzene ring substituents is 1. The molecule has 0 aliphatic rings. The molecule has 0 N–H and O–H groups in total. The third kappa shape index (κ3) is 7.49. The fourth-order valence-corrected chi connectivity index (χ4v) is 2.61. The van der Waals surface area contributed by atoms with Crippen molar-refractivity contribution in [3.8, 4) is 30.8 Å². The molecule has 0 aromatic heterocycles. The molecular weight excluding hydrogens is 442 g/mol. The summed E-state index contributed by atoms with van der Waals surface area (Å²) in [5.41, 5.74) is 1.12. The minimum absolute atomic E-state index is 0.00462. The van der Waals surface area contributed by atoms with Gasteiger partial charge in [-0.2, -0.15) is 10.4 Å². The van der Waals surface area contributed by atoms with E-state index < -0.39 is 16.9 Å². The van der Waals surface area contributed by atoms with Crippen molar-refractivity contribution < 1.29 is 24.0 Å². The van der Waals surface area contributed by atoms with E-state index in [9.17, 15) is 25.0 Å². The van der Waals surface area contributed by atoms with Gasteiger partial charge in [-0.1, -0.05) is 0 Å². The van der Waals surface area contributed by atoms with Crippen LogP contribution in [0.2, 0.25) is 0 Å². The van der Waals surface area contributed by atoms with Crippen molar-refractivity contribution in [1.82, 2.24) is 0 Å². The number of nitro groups is 1. The zero-order valence-electron chi connectivity index (χ0n) is 17.7. The SMILES string of the molecule is C#CC(=O)OCCN(CCOC(=O)C#C)c1ccc(N=Nc2ccc([N+](=O)[O-])cc2C#N)cc1. The van der Waals surface area contributed by atoms with E-state index in [1.165, 1.54) is 12.1 Å². The topological polar surface area (TPSA) is 147 Å². The number of benzene rings is 2. The fraction of sp³-hybridized carbons (Fsp3) is 0.174. The predicted molar refractivity (Wildman–Crippen MR) is 120 cm³/mol. The van der Waals surface area contributed by atoms with Crippen molar-refractivity contribution in [1.29, 1.82) is 5.26 Å². The molecule has 34 heavy (non-hydrogen) atoms. The van der Waals surface area contributed by atoms with Crippen LogP contribution in [-0.2, 0) is 19.1 Å². The average molecular weight is 459 g/mol. The fourth-order valence-electron chi connectivity index (χ4n) is 2.61.